The van der Waals surface area contributed by atoms with Crippen LogP contribution >= 0.6 is 23.2 Å². The number of hydrogen-bond donors (Lipinski definition) is 2. The van der Waals surface area contributed by atoms with Gasteiger partial charge in [-0.2, -0.15) is 0 Å². The number of anilines is 2. The minimum absolute atomic E-state index is 0.188. The van der Waals surface area contributed by atoms with Crippen molar-refractivity contribution in [2.75, 3.05) is 11.1 Å². The summed E-state index contributed by atoms with van der Waals surface area (Å²) in [6.45, 7) is 1.76. The molecule has 2 rings (SSSR count). The van der Waals surface area contributed by atoms with Gasteiger partial charge in [0.05, 0.1) is 15.7 Å². The van der Waals surface area contributed by atoms with Crippen molar-refractivity contribution >= 4 is 40.5 Å². The van der Waals surface area contributed by atoms with Gasteiger partial charge in [-0.1, -0.05) is 29.3 Å². The molecule has 0 radical (unpaired) electrons. The maximum absolute atomic E-state index is 13.2. The van der Waals surface area contributed by atoms with Gasteiger partial charge in [0.2, 0.25) is 0 Å². The first-order chi connectivity index (χ1) is 9.38. The number of halogens is 3. The molecule has 0 aliphatic heterocycles. The fraction of sp³-hybridized carbons (Fsp3) is 0.0714. The fourth-order valence-corrected chi connectivity index (χ4v) is 2.00. The molecule has 20 heavy (non-hydrogen) atoms. The van der Waals surface area contributed by atoms with Crippen LogP contribution in [0.1, 0.15) is 15.9 Å². The van der Waals surface area contributed by atoms with Crippen LogP contribution in [-0.4, -0.2) is 5.91 Å². The largest absolute Gasteiger partial charge is 0.397 e. The van der Waals surface area contributed by atoms with E-state index in [-0.39, 0.29) is 21.3 Å². The predicted octanol–water partition coefficient (Wildman–Crippen LogP) is 4.28. The molecule has 0 aliphatic carbocycles. The van der Waals surface area contributed by atoms with Gasteiger partial charge >= 0.3 is 0 Å². The Bertz CT molecular complexity index is 666. The highest BCUT2D eigenvalue weighted by molar-refractivity contribution is 6.44. The molecule has 0 aromatic heterocycles. The number of carbonyl (C=O) groups is 1. The first-order valence-corrected chi connectivity index (χ1v) is 6.46. The number of benzene rings is 2. The Hall–Kier alpha value is -1.78. The fourth-order valence-electron chi connectivity index (χ4n) is 1.66. The number of nitrogens with two attached hydrogens (primary N) is 1. The smallest absolute Gasteiger partial charge is 0.255 e. The zero-order valence-electron chi connectivity index (χ0n) is 10.5. The standard InChI is InChI=1S/C14H11Cl2FN2O/c1-7-2-3-9(17)6-12(7)19-14(20)8-4-10(15)13(16)11(18)5-8/h2-6H,18H2,1H3,(H,19,20). The lowest BCUT2D eigenvalue weighted by Crippen LogP contribution is -2.13. The minimum Gasteiger partial charge on any atom is -0.397 e. The van der Waals surface area contributed by atoms with Gasteiger partial charge in [-0.3, -0.25) is 4.79 Å². The van der Waals surface area contributed by atoms with Gasteiger partial charge in [-0.05, 0) is 36.8 Å². The Morgan fingerprint density at radius 2 is 1.95 bits per heavy atom. The number of rotatable bonds is 2. The number of nitrogen functional groups attached to an aromatic ring is 1. The number of nitrogens with one attached hydrogen (secondary N) is 1. The molecule has 2 aromatic rings. The first-order valence-electron chi connectivity index (χ1n) is 5.70. The maximum Gasteiger partial charge on any atom is 0.255 e. The molecule has 0 fully saturated rings. The molecule has 0 atom stereocenters. The number of aryl methyl sites for hydroxylation is 1. The summed E-state index contributed by atoms with van der Waals surface area (Å²) in [6, 6.07) is 6.97. The Morgan fingerprint density at radius 1 is 1.25 bits per heavy atom. The number of carbonyl (C=O) groups excluding carboxylic acids is 1. The van der Waals surface area contributed by atoms with Gasteiger partial charge in [0.25, 0.3) is 5.91 Å². The monoisotopic (exact) mass is 312 g/mol. The average molecular weight is 313 g/mol. The first kappa shape index (κ1) is 14.6. The third-order valence-corrected chi connectivity index (χ3v) is 3.58. The summed E-state index contributed by atoms with van der Waals surface area (Å²) in [5, 5.41) is 2.99. The molecule has 104 valence electrons. The highest BCUT2D eigenvalue weighted by Gasteiger charge is 2.12. The quantitative estimate of drug-likeness (QED) is 0.813. The molecular weight excluding hydrogens is 302 g/mol. The third kappa shape index (κ3) is 3.03. The third-order valence-electron chi connectivity index (χ3n) is 2.77. The lowest BCUT2D eigenvalue weighted by Gasteiger charge is -2.10. The van der Waals surface area contributed by atoms with Gasteiger partial charge < -0.3 is 11.1 Å². The van der Waals surface area contributed by atoms with Crippen LogP contribution in [0.2, 0.25) is 10.0 Å². The van der Waals surface area contributed by atoms with Crippen molar-refractivity contribution < 1.29 is 9.18 Å². The lowest BCUT2D eigenvalue weighted by atomic mass is 10.1. The van der Waals surface area contributed by atoms with Crippen molar-refractivity contribution in [1.29, 1.82) is 0 Å². The van der Waals surface area contributed by atoms with E-state index >= 15 is 0 Å². The second-order valence-corrected chi connectivity index (χ2v) is 5.06. The van der Waals surface area contributed by atoms with Crippen LogP contribution in [0.4, 0.5) is 15.8 Å². The summed E-state index contributed by atoms with van der Waals surface area (Å²) < 4.78 is 13.2. The Balaban J connectivity index is 2.31. The van der Waals surface area contributed by atoms with Crippen LogP contribution in [0.5, 0.6) is 0 Å². The van der Waals surface area contributed by atoms with Crippen LogP contribution in [-0.2, 0) is 0 Å². The van der Waals surface area contributed by atoms with Gasteiger partial charge in [0.15, 0.2) is 0 Å². The van der Waals surface area contributed by atoms with Crippen LogP contribution in [0, 0.1) is 12.7 Å². The van der Waals surface area contributed by atoms with Crippen molar-refractivity contribution in [1.82, 2.24) is 0 Å². The second kappa shape index (κ2) is 5.69. The summed E-state index contributed by atoms with van der Waals surface area (Å²) >= 11 is 11.7. The molecule has 3 N–H and O–H groups in total. The average Bonchev–Trinajstić information content (AvgIpc) is 2.39. The Kier molecular flexibility index (Phi) is 4.16. The van der Waals surface area contributed by atoms with Gasteiger partial charge in [0.1, 0.15) is 5.82 Å². The molecule has 0 unspecified atom stereocenters. The van der Waals surface area contributed by atoms with Crippen molar-refractivity contribution in [2.24, 2.45) is 0 Å². The summed E-state index contributed by atoms with van der Waals surface area (Å²) in [5.41, 5.74) is 7.24. The molecule has 2 aromatic carbocycles. The Morgan fingerprint density at radius 3 is 2.60 bits per heavy atom. The molecule has 0 aliphatic rings. The van der Waals surface area contributed by atoms with E-state index in [0.717, 1.165) is 5.56 Å². The number of hydrogen-bond acceptors (Lipinski definition) is 2. The van der Waals surface area contributed by atoms with E-state index in [1.807, 2.05) is 0 Å². The molecule has 0 saturated heterocycles. The zero-order chi connectivity index (χ0) is 14.9. The highest BCUT2D eigenvalue weighted by Crippen LogP contribution is 2.29. The number of amides is 1. The zero-order valence-corrected chi connectivity index (χ0v) is 12.0. The molecule has 0 spiro atoms. The Labute approximate surface area is 125 Å². The van der Waals surface area contributed by atoms with E-state index in [1.165, 1.54) is 24.3 Å². The van der Waals surface area contributed by atoms with Gasteiger partial charge in [-0.15, -0.1) is 0 Å². The van der Waals surface area contributed by atoms with E-state index < -0.39 is 11.7 Å². The van der Waals surface area contributed by atoms with E-state index in [9.17, 15) is 9.18 Å². The highest BCUT2D eigenvalue weighted by atomic mass is 35.5. The molecule has 0 bridgehead atoms. The second-order valence-electron chi connectivity index (χ2n) is 4.27. The molecule has 1 amide bonds. The summed E-state index contributed by atoms with van der Waals surface area (Å²) in [7, 11) is 0. The summed E-state index contributed by atoms with van der Waals surface area (Å²) in [5.74, 6) is -0.872. The lowest BCUT2D eigenvalue weighted by molar-refractivity contribution is 0.102. The molecular formula is C14H11Cl2FN2O. The van der Waals surface area contributed by atoms with Crippen LogP contribution in [0.15, 0.2) is 30.3 Å². The van der Waals surface area contributed by atoms with Gasteiger partial charge in [0, 0.05) is 11.3 Å². The normalized spacial score (nSPS) is 10.4. The topological polar surface area (TPSA) is 55.1 Å². The van der Waals surface area contributed by atoms with Crippen molar-refractivity contribution in [3.05, 3.63) is 57.3 Å². The van der Waals surface area contributed by atoms with E-state index in [2.05, 4.69) is 5.32 Å². The minimum atomic E-state index is -0.441. The van der Waals surface area contributed by atoms with Crippen molar-refractivity contribution in [3.8, 4) is 0 Å². The van der Waals surface area contributed by atoms with E-state index in [1.54, 1.807) is 13.0 Å². The summed E-state index contributed by atoms with van der Waals surface area (Å²) in [4.78, 5) is 12.1. The van der Waals surface area contributed by atoms with Gasteiger partial charge in [-0.25, -0.2) is 4.39 Å². The van der Waals surface area contributed by atoms with E-state index in [0.29, 0.717) is 5.69 Å². The van der Waals surface area contributed by atoms with Crippen molar-refractivity contribution in [3.63, 3.8) is 0 Å². The molecule has 0 heterocycles. The SMILES string of the molecule is Cc1ccc(F)cc1NC(=O)c1cc(N)c(Cl)c(Cl)c1. The summed E-state index contributed by atoms with van der Waals surface area (Å²) in [6.07, 6.45) is 0. The van der Waals surface area contributed by atoms with Crippen LogP contribution < -0.4 is 11.1 Å². The van der Waals surface area contributed by atoms with E-state index in [4.69, 9.17) is 28.9 Å². The predicted molar refractivity (Wildman–Crippen MR) is 80.0 cm³/mol. The molecule has 3 nitrogen and oxygen atoms in total. The van der Waals surface area contributed by atoms with Crippen LogP contribution in [0.3, 0.4) is 0 Å². The molecule has 0 saturated carbocycles. The maximum atomic E-state index is 13.2. The van der Waals surface area contributed by atoms with Crippen molar-refractivity contribution in [2.45, 2.75) is 6.92 Å². The molecule has 6 heteroatoms. The van der Waals surface area contributed by atoms with Crippen LogP contribution in [0.25, 0.3) is 0 Å².